The molecule has 0 aromatic heterocycles. The predicted molar refractivity (Wildman–Crippen MR) is 85.8 cm³/mol. The van der Waals surface area contributed by atoms with E-state index in [4.69, 9.17) is 11.6 Å². The van der Waals surface area contributed by atoms with Crippen molar-refractivity contribution in [2.24, 2.45) is 0 Å². The third-order valence-corrected chi connectivity index (χ3v) is 3.55. The summed E-state index contributed by atoms with van der Waals surface area (Å²) in [6.07, 6.45) is 0. The zero-order chi connectivity index (χ0) is 13.1. The molecule has 0 saturated carbocycles. The third-order valence-electron chi connectivity index (χ3n) is 2.29. The lowest BCUT2D eigenvalue weighted by Crippen LogP contribution is -2.12. The number of carbonyl (C=O) groups excluding carboxylic acids is 1. The monoisotopic (exact) mass is 389 g/mol. The number of amides is 1. The van der Waals surface area contributed by atoms with Crippen LogP contribution in [0.15, 0.2) is 47.4 Å². The standard InChI is InChI=1S/C13H9ClINOS/c14-11-7-9(15)4-5-12(11)16-13(17)8-2-1-3-10(18)6-8/h1-7,18H,(H,16,17). The van der Waals surface area contributed by atoms with Crippen LogP contribution in [0.4, 0.5) is 5.69 Å². The van der Waals surface area contributed by atoms with E-state index in [0.29, 0.717) is 16.3 Å². The first-order chi connectivity index (χ1) is 8.56. The van der Waals surface area contributed by atoms with Crippen molar-refractivity contribution in [3.8, 4) is 0 Å². The van der Waals surface area contributed by atoms with Gasteiger partial charge in [-0.05, 0) is 59.0 Å². The van der Waals surface area contributed by atoms with Crippen molar-refractivity contribution in [1.82, 2.24) is 0 Å². The molecule has 0 aliphatic carbocycles. The fourth-order valence-corrected chi connectivity index (χ4v) is 2.56. The maximum Gasteiger partial charge on any atom is 0.255 e. The van der Waals surface area contributed by atoms with Gasteiger partial charge in [0.1, 0.15) is 0 Å². The van der Waals surface area contributed by atoms with E-state index < -0.39 is 0 Å². The second-order valence-corrected chi connectivity index (χ2v) is 5.80. The van der Waals surface area contributed by atoms with Gasteiger partial charge >= 0.3 is 0 Å². The summed E-state index contributed by atoms with van der Waals surface area (Å²) in [6, 6.07) is 12.5. The van der Waals surface area contributed by atoms with Crippen molar-refractivity contribution in [1.29, 1.82) is 0 Å². The van der Waals surface area contributed by atoms with Crippen LogP contribution in [-0.4, -0.2) is 5.91 Å². The third kappa shape index (κ3) is 3.40. The lowest BCUT2D eigenvalue weighted by molar-refractivity contribution is 0.102. The molecule has 0 saturated heterocycles. The molecule has 2 aromatic carbocycles. The van der Waals surface area contributed by atoms with E-state index in [-0.39, 0.29) is 5.91 Å². The van der Waals surface area contributed by atoms with Crippen molar-refractivity contribution in [3.05, 3.63) is 56.6 Å². The van der Waals surface area contributed by atoms with Crippen LogP contribution >= 0.6 is 46.8 Å². The number of rotatable bonds is 2. The minimum Gasteiger partial charge on any atom is -0.321 e. The Morgan fingerprint density at radius 2 is 2.00 bits per heavy atom. The van der Waals surface area contributed by atoms with E-state index in [1.807, 2.05) is 12.1 Å². The molecule has 0 fully saturated rings. The van der Waals surface area contributed by atoms with Crippen molar-refractivity contribution < 1.29 is 4.79 Å². The van der Waals surface area contributed by atoms with E-state index in [1.54, 1.807) is 30.3 Å². The Bertz CT molecular complexity index is 603. The van der Waals surface area contributed by atoms with Gasteiger partial charge in [0, 0.05) is 14.0 Å². The van der Waals surface area contributed by atoms with E-state index in [9.17, 15) is 4.79 Å². The first kappa shape index (κ1) is 13.7. The summed E-state index contributed by atoms with van der Waals surface area (Å²) < 4.78 is 1.02. The van der Waals surface area contributed by atoms with Crippen LogP contribution in [0.25, 0.3) is 0 Å². The number of carbonyl (C=O) groups is 1. The fourth-order valence-electron chi connectivity index (χ4n) is 1.43. The fraction of sp³-hybridized carbons (Fsp3) is 0. The number of hydrogen-bond donors (Lipinski definition) is 2. The molecule has 0 spiro atoms. The average molecular weight is 390 g/mol. The highest BCUT2D eigenvalue weighted by atomic mass is 127. The average Bonchev–Trinajstić information content (AvgIpc) is 2.32. The largest absolute Gasteiger partial charge is 0.321 e. The van der Waals surface area contributed by atoms with E-state index in [0.717, 1.165) is 8.47 Å². The molecule has 1 N–H and O–H groups in total. The number of halogens is 2. The van der Waals surface area contributed by atoms with Crippen molar-refractivity contribution in [3.63, 3.8) is 0 Å². The molecule has 2 aromatic rings. The molecule has 5 heteroatoms. The first-order valence-electron chi connectivity index (χ1n) is 5.12. The highest BCUT2D eigenvalue weighted by Gasteiger charge is 2.08. The van der Waals surface area contributed by atoms with Gasteiger partial charge < -0.3 is 5.32 Å². The first-order valence-corrected chi connectivity index (χ1v) is 7.02. The maximum atomic E-state index is 12.0. The quantitative estimate of drug-likeness (QED) is 0.575. The molecule has 0 aliphatic heterocycles. The molecule has 2 nitrogen and oxygen atoms in total. The second kappa shape index (κ2) is 5.95. The van der Waals surface area contributed by atoms with Crippen molar-refractivity contribution >= 4 is 58.4 Å². The topological polar surface area (TPSA) is 29.1 Å². The zero-order valence-electron chi connectivity index (χ0n) is 9.15. The summed E-state index contributed by atoms with van der Waals surface area (Å²) >= 11 is 12.4. The molecule has 0 aliphatic rings. The second-order valence-electron chi connectivity index (χ2n) is 3.63. The Balaban J connectivity index is 2.21. The minimum atomic E-state index is -0.200. The van der Waals surface area contributed by atoms with Gasteiger partial charge in [-0.15, -0.1) is 12.6 Å². The summed E-state index contributed by atoms with van der Waals surface area (Å²) in [5.74, 6) is -0.200. The summed E-state index contributed by atoms with van der Waals surface area (Å²) in [6.45, 7) is 0. The summed E-state index contributed by atoms with van der Waals surface area (Å²) in [5.41, 5.74) is 1.16. The smallest absolute Gasteiger partial charge is 0.255 e. The summed E-state index contributed by atoms with van der Waals surface area (Å²) in [5, 5.41) is 3.30. The SMILES string of the molecule is O=C(Nc1ccc(I)cc1Cl)c1cccc(S)c1. The summed E-state index contributed by atoms with van der Waals surface area (Å²) in [4.78, 5) is 12.7. The van der Waals surface area contributed by atoms with Crippen molar-refractivity contribution in [2.75, 3.05) is 5.32 Å². The van der Waals surface area contributed by atoms with Crippen LogP contribution in [0.2, 0.25) is 5.02 Å². The maximum absolute atomic E-state index is 12.0. The van der Waals surface area contributed by atoms with Crippen LogP contribution in [0.5, 0.6) is 0 Å². The van der Waals surface area contributed by atoms with Gasteiger partial charge in [-0.25, -0.2) is 0 Å². The molecule has 0 bridgehead atoms. The Labute approximate surface area is 129 Å². The van der Waals surface area contributed by atoms with Crippen molar-refractivity contribution in [2.45, 2.75) is 4.90 Å². The molecule has 92 valence electrons. The Kier molecular flexibility index (Phi) is 4.53. The lowest BCUT2D eigenvalue weighted by Gasteiger charge is -2.07. The van der Waals surface area contributed by atoms with Gasteiger partial charge in [-0.3, -0.25) is 4.79 Å². The molecule has 18 heavy (non-hydrogen) atoms. The van der Waals surface area contributed by atoms with Crippen LogP contribution < -0.4 is 5.32 Å². The molecule has 2 rings (SSSR count). The molecule has 0 radical (unpaired) electrons. The number of nitrogens with one attached hydrogen (secondary N) is 1. The summed E-state index contributed by atoms with van der Waals surface area (Å²) in [7, 11) is 0. The van der Waals surface area contributed by atoms with E-state index in [2.05, 4.69) is 40.5 Å². The minimum absolute atomic E-state index is 0.200. The lowest BCUT2D eigenvalue weighted by atomic mass is 10.2. The molecular formula is C13H9ClINOS. The Morgan fingerprint density at radius 1 is 1.22 bits per heavy atom. The van der Waals surface area contributed by atoms with E-state index >= 15 is 0 Å². The van der Waals surface area contributed by atoms with Crippen LogP contribution in [-0.2, 0) is 0 Å². The van der Waals surface area contributed by atoms with Gasteiger partial charge in [0.15, 0.2) is 0 Å². The number of anilines is 1. The molecule has 0 unspecified atom stereocenters. The molecule has 0 heterocycles. The number of thiol groups is 1. The Morgan fingerprint density at radius 3 is 2.67 bits per heavy atom. The van der Waals surface area contributed by atoms with Gasteiger partial charge in [0.05, 0.1) is 10.7 Å². The molecular weight excluding hydrogens is 381 g/mol. The van der Waals surface area contributed by atoms with Crippen LogP contribution in [0.1, 0.15) is 10.4 Å². The predicted octanol–water partition coefficient (Wildman–Crippen LogP) is 4.49. The van der Waals surface area contributed by atoms with Gasteiger partial charge in [0.25, 0.3) is 5.91 Å². The highest BCUT2D eigenvalue weighted by molar-refractivity contribution is 14.1. The normalized spacial score (nSPS) is 10.2. The van der Waals surface area contributed by atoms with Crippen LogP contribution in [0, 0.1) is 3.57 Å². The molecule has 1 amide bonds. The Hall–Kier alpha value is -0.720. The number of hydrogen-bond acceptors (Lipinski definition) is 2. The van der Waals surface area contributed by atoms with Gasteiger partial charge in [0.2, 0.25) is 0 Å². The highest BCUT2D eigenvalue weighted by Crippen LogP contribution is 2.24. The van der Waals surface area contributed by atoms with Gasteiger partial charge in [-0.1, -0.05) is 17.7 Å². The van der Waals surface area contributed by atoms with Crippen LogP contribution in [0.3, 0.4) is 0 Å². The van der Waals surface area contributed by atoms with Gasteiger partial charge in [-0.2, -0.15) is 0 Å². The zero-order valence-corrected chi connectivity index (χ0v) is 13.0. The number of benzene rings is 2. The molecule has 0 atom stereocenters. The van der Waals surface area contributed by atoms with E-state index in [1.165, 1.54) is 0 Å².